The lowest BCUT2D eigenvalue weighted by molar-refractivity contribution is -0.118. The van der Waals surface area contributed by atoms with Crippen LogP contribution in [0.3, 0.4) is 0 Å². The highest BCUT2D eigenvalue weighted by Gasteiger charge is 2.18. The number of aliphatic hydroxyl groups is 1. The van der Waals surface area contributed by atoms with Gasteiger partial charge >= 0.3 is 0 Å². The summed E-state index contributed by atoms with van der Waals surface area (Å²) in [4.78, 5) is 11.8. The van der Waals surface area contributed by atoms with Crippen molar-refractivity contribution in [3.63, 3.8) is 0 Å². The number of hydrogen-bond donors (Lipinski definition) is 2. The van der Waals surface area contributed by atoms with E-state index in [0.717, 1.165) is 17.0 Å². The minimum Gasteiger partial charge on any atom is -0.396 e. The molecule has 5 nitrogen and oxygen atoms in total. The molecule has 19 heavy (non-hydrogen) atoms. The first-order valence-corrected chi connectivity index (χ1v) is 6.38. The van der Waals surface area contributed by atoms with Gasteiger partial charge in [0.05, 0.1) is 5.69 Å². The molecule has 2 N–H and O–H groups in total. The normalized spacial score (nSPS) is 12.1. The average Bonchev–Trinajstić information content (AvgIpc) is 2.50. The molecule has 0 bridgehead atoms. The number of hydrogen-bond acceptors (Lipinski definition) is 3. The summed E-state index contributed by atoms with van der Waals surface area (Å²) >= 11 is 0. The lowest BCUT2D eigenvalue weighted by Gasteiger charge is -2.24. The number of aliphatic hydroxyl groups excluding tert-OH is 1. The predicted octanol–water partition coefficient (Wildman–Crippen LogP) is 1.33. The molecule has 0 atom stereocenters. The molecule has 0 aromatic carbocycles. The van der Waals surface area contributed by atoms with Crippen molar-refractivity contribution < 1.29 is 9.90 Å². The van der Waals surface area contributed by atoms with E-state index in [2.05, 4.69) is 10.4 Å². The van der Waals surface area contributed by atoms with Gasteiger partial charge in [-0.2, -0.15) is 5.10 Å². The summed E-state index contributed by atoms with van der Waals surface area (Å²) in [7, 11) is 1.88. The fourth-order valence-electron chi connectivity index (χ4n) is 1.91. The Labute approximate surface area is 114 Å². The van der Waals surface area contributed by atoms with Crippen LogP contribution >= 0.6 is 0 Å². The average molecular weight is 265 g/mol. The molecule has 0 saturated heterocycles. The first-order chi connectivity index (χ1) is 8.76. The second kappa shape index (κ2) is 6.02. The van der Waals surface area contributed by atoms with Gasteiger partial charge in [-0.25, -0.2) is 0 Å². The van der Waals surface area contributed by atoms with Crippen molar-refractivity contribution in [2.24, 2.45) is 7.05 Å². The zero-order chi connectivity index (χ0) is 14.6. The molecule has 0 aliphatic rings. The Hall–Kier alpha value is -1.62. The van der Waals surface area contributed by atoms with Crippen LogP contribution in [0.5, 0.6) is 0 Å². The van der Waals surface area contributed by atoms with Crippen LogP contribution in [0, 0.1) is 13.8 Å². The van der Waals surface area contributed by atoms with Crippen LogP contribution in [0.2, 0.25) is 0 Å². The van der Waals surface area contributed by atoms with Gasteiger partial charge in [0.1, 0.15) is 0 Å². The van der Waals surface area contributed by atoms with E-state index in [1.807, 2.05) is 34.7 Å². The maximum absolute atomic E-state index is 11.8. The summed E-state index contributed by atoms with van der Waals surface area (Å²) in [6, 6.07) is 0. The topological polar surface area (TPSA) is 67.2 Å². The maximum Gasteiger partial charge on any atom is 0.244 e. The van der Waals surface area contributed by atoms with E-state index in [4.69, 9.17) is 5.11 Å². The fraction of sp³-hybridized carbons (Fsp3) is 0.571. The third-order valence-corrected chi connectivity index (χ3v) is 3.16. The monoisotopic (exact) mass is 265 g/mol. The maximum atomic E-state index is 11.8. The van der Waals surface area contributed by atoms with Gasteiger partial charge in [-0.05, 0) is 40.2 Å². The lowest BCUT2D eigenvalue weighted by atomic mass is 10.0. The van der Waals surface area contributed by atoms with Crippen molar-refractivity contribution in [3.8, 4) is 0 Å². The number of nitrogens with one attached hydrogen (secondary N) is 1. The van der Waals surface area contributed by atoms with Gasteiger partial charge in [-0.15, -0.1) is 0 Å². The molecule has 106 valence electrons. The molecule has 0 aliphatic carbocycles. The first kappa shape index (κ1) is 15.4. The van der Waals surface area contributed by atoms with Crippen LogP contribution in [-0.2, 0) is 11.8 Å². The van der Waals surface area contributed by atoms with Crippen molar-refractivity contribution in [2.45, 2.75) is 39.7 Å². The Balaban J connectivity index is 2.74. The van der Waals surface area contributed by atoms with E-state index < -0.39 is 5.54 Å². The minimum absolute atomic E-state index is 0.0534. The van der Waals surface area contributed by atoms with Gasteiger partial charge in [0.25, 0.3) is 0 Å². The summed E-state index contributed by atoms with van der Waals surface area (Å²) in [5.41, 5.74) is 2.49. The SMILES string of the molecule is Cc1nn(C)c(C)c1/C=C/C(=O)NC(C)(C)CCO. The number of carbonyl (C=O) groups excluding carboxylic acids is 1. The molecule has 1 rings (SSSR count). The number of rotatable bonds is 5. The van der Waals surface area contributed by atoms with Crippen LogP contribution in [0.1, 0.15) is 37.2 Å². The molecule has 1 amide bonds. The van der Waals surface area contributed by atoms with Crippen molar-refractivity contribution in [1.82, 2.24) is 15.1 Å². The highest BCUT2D eigenvalue weighted by Crippen LogP contribution is 2.14. The van der Waals surface area contributed by atoms with E-state index >= 15 is 0 Å². The number of carbonyl (C=O) groups is 1. The summed E-state index contributed by atoms with van der Waals surface area (Å²) < 4.78 is 1.79. The molecule has 0 unspecified atom stereocenters. The number of aromatic nitrogens is 2. The smallest absolute Gasteiger partial charge is 0.244 e. The van der Waals surface area contributed by atoms with Gasteiger partial charge in [0.2, 0.25) is 5.91 Å². The molecule has 5 heteroatoms. The highest BCUT2D eigenvalue weighted by molar-refractivity contribution is 5.92. The minimum atomic E-state index is -0.408. The van der Waals surface area contributed by atoms with Crippen LogP contribution in [0.25, 0.3) is 6.08 Å². The molecule has 0 radical (unpaired) electrons. The summed E-state index contributed by atoms with van der Waals surface area (Å²) in [5.74, 6) is -0.166. The van der Waals surface area contributed by atoms with Crippen molar-refractivity contribution >= 4 is 12.0 Å². The molecule has 0 aliphatic heterocycles. The van der Waals surface area contributed by atoms with Crippen molar-refractivity contribution in [2.75, 3.05) is 6.61 Å². The molecular formula is C14H23N3O2. The molecule has 1 aromatic rings. The first-order valence-electron chi connectivity index (χ1n) is 6.38. The third-order valence-electron chi connectivity index (χ3n) is 3.16. The highest BCUT2D eigenvalue weighted by atomic mass is 16.3. The predicted molar refractivity (Wildman–Crippen MR) is 75.6 cm³/mol. The quantitative estimate of drug-likeness (QED) is 0.789. The molecule has 1 heterocycles. The largest absolute Gasteiger partial charge is 0.396 e. The van der Waals surface area contributed by atoms with Crippen molar-refractivity contribution in [3.05, 3.63) is 23.0 Å². The Morgan fingerprint density at radius 1 is 1.47 bits per heavy atom. The van der Waals surface area contributed by atoms with Gasteiger partial charge in [-0.3, -0.25) is 9.48 Å². The Morgan fingerprint density at radius 3 is 2.58 bits per heavy atom. The van der Waals surface area contributed by atoms with Crippen LogP contribution in [0.4, 0.5) is 0 Å². The van der Waals surface area contributed by atoms with E-state index in [9.17, 15) is 4.79 Å². The molecular weight excluding hydrogens is 242 g/mol. The Kier molecular flexibility index (Phi) is 4.89. The number of aryl methyl sites for hydroxylation is 2. The van der Waals surface area contributed by atoms with E-state index in [1.165, 1.54) is 6.08 Å². The summed E-state index contributed by atoms with van der Waals surface area (Å²) in [5, 5.41) is 16.1. The second-order valence-electron chi connectivity index (χ2n) is 5.39. The van der Waals surface area contributed by atoms with Crippen LogP contribution in [0.15, 0.2) is 6.08 Å². The van der Waals surface area contributed by atoms with E-state index in [1.54, 1.807) is 10.8 Å². The summed E-state index contributed by atoms with van der Waals surface area (Å²) in [6.45, 7) is 7.70. The zero-order valence-electron chi connectivity index (χ0n) is 12.3. The molecule has 0 saturated carbocycles. The molecule has 0 fully saturated rings. The number of amides is 1. The van der Waals surface area contributed by atoms with Gasteiger partial charge < -0.3 is 10.4 Å². The van der Waals surface area contributed by atoms with Crippen LogP contribution in [-0.4, -0.2) is 32.9 Å². The zero-order valence-corrected chi connectivity index (χ0v) is 12.3. The van der Waals surface area contributed by atoms with Gasteiger partial charge in [0, 0.05) is 36.5 Å². The lowest BCUT2D eigenvalue weighted by Crippen LogP contribution is -2.43. The second-order valence-corrected chi connectivity index (χ2v) is 5.39. The van der Waals surface area contributed by atoms with Gasteiger partial charge in [0.15, 0.2) is 0 Å². The van der Waals surface area contributed by atoms with E-state index in [-0.39, 0.29) is 12.5 Å². The number of nitrogens with zero attached hydrogens (tertiary/aromatic N) is 2. The van der Waals surface area contributed by atoms with Crippen molar-refractivity contribution in [1.29, 1.82) is 0 Å². The van der Waals surface area contributed by atoms with E-state index in [0.29, 0.717) is 6.42 Å². The molecule has 1 aromatic heterocycles. The fourth-order valence-corrected chi connectivity index (χ4v) is 1.91. The van der Waals surface area contributed by atoms with Gasteiger partial charge in [-0.1, -0.05) is 0 Å². The standard InChI is InChI=1S/C14H23N3O2/c1-10-12(11(2)17(5)16-10)6-7-13(19)15-14(3,4)8-9-18/h6-7,18H,8-9H2,1-5H3,(H,15,19)/b7-6+. The Bertz CT molecular complexity index is 487. The molecule has 0 spiro atoms. The summed E-state index contributed by atoms with van der Waals surface area (Å²) in [6.07, 6.45) is 3.82. The van der Waals surface area contributed by atoms with Crippen LogP contribution < -0.4 is 5.32 Å². The Morgan fingerprint density at radius 2 is 2.11 bits per heavy atom. The third kappa shape index (κ3) is 4.21.